The molecule has 3 aromatic rings. The van der Waals surface area contributed by atoms with E-state index in [1.165, 1.54) is 5.39 Å². The fraction of sp³-hybridized carbons (Fsp3) is 0.0588. The summed E-state index contributed by atoms with van der Waals surface area (Å²) in [5, 5.41) is 10.9. The molecule has 3 rings (SSSR count). The fourth-order valence-corrected chi connectivity index (χ4v) is 2.06. The highest BCUT2D eigenvalue weighted by atomic mass is 16.5. The standard InChI is InChI=1S/C17H14N2O/c1-20-15-11-9-14(10-12-15)18-19-17-8-4-6-13-5-2-3-7-16(13)17/h2-12H,1H3. The van der Waals surface area contributed by atoms with Crippen molar-refractivity contribution in [2.45, 2.75) is 0 Å². The van der Waals surface area contributed by atoms with Gasteiger partial charge in [-0.05, 0) is 35.7 Å². The summed E-state index contributed by atoms with van der Waals surface area (Å²) in [5.41, 5.74) is 1.68. The van der Waals surface area contributed by atoms with Crippen molar-refractivity contribution in [2.75, 3.05) is 7.11 Å². The summed E-state index contributed by atoms with van der Waals surface area (Å²) < 4.78 is 5.12. The van der Waals surface area contributed by atoms with Crippen LogP contribution in [0.2, 0.25) is 0 Å². The van der Waals surface area contributed by atoms with Gasteiger partial charge in [-0.2, -0.15) is 5.11 Å². The van der Waals surface area contributed by atoms with Crippen LogP contribution in [0.25, 0.3) is 10.8 Å². The summed E-state index contributed by atoms with van der Waals surface area (Å²) in [4.78, 5) is 0. The van der Waals surface area contributed by atoms with E-state index in [-0.39, 0.29) is 0 Å². The average Bonchev–Trinajstić information content (AvgIpc) is 2.53. The average molecular weight is 262 g/mol. The van der Waals surface area contributed by atoms with E-state index < -0.39 is 0 Å². The molecule has 3 aromatic carbocycles. The lowest BCUT2D eigenvalue weighted by Gasteiger charge is -2.01. The van der Waals surface area contributed by atoms with Gasteiger partial charge in [-0.3, -0.25) is 0 Å². The third-order valence-corrected chi connectivity index (χ3v) is 3.11. The molecule has 0 aliphatic heterocycles. The van der Waals surface area contributed by atoms with Gasteiger partial charge in [0.1, 0.15) is 5.75 Å². The van der Waals surface area contributed by atoms with Crippen LogP contribution in [0.15, 0.2) is 77.0 Å². The maximum Gasteiger partial charge on any atom is 0.119 e. The quantitative estimate of drug-likeness (QED) is 0.592. The molecular formula is C17H14N2O. The topological polar surface area (TPSA) is 34.0 Å². The summed E-state index contributed by atoms with van der Waals surface area (Å²) in [6.45, 7) is 0. The van der Waals surface area contributed by atoms with E-state index in [0.29, 0.717) is 0 Å². The lowest BCUT2D eigenvalue weighted by molar-refractivity contribution is 0.415. The van der Waals surface area contributed by atoms with E-state index >= 15 is 0 Å². The molecule has 0 aliphatic carbocycles. The van der Waals surface area contributed by atoms with Crippen molar-refractivity contribution in [3.05, 3.63) is 66.7 Å². The van der Waals surface area contributed by atoms with E-state index in [2.05, 4.69) is 28.4 Å². The van der Waals surface area contributed by atoms with Crippen LogP contribution in [0, 0.1) is 0 Å². The van der Waals surface area contributed by atoms with Crippen LogP contribution in [-0.2, 0) is 0 Å². The van der Waals surface area contributed by atoms with E-state index in [9.17, 15) is 0 Å². The Morgan fingerprint density at radius 2 is 1.50 bits per heavy atom. The summed E-state index contributed by atoms with van der Waals surface area (Å²) in [7, 11) is 1.65. The first-order valence-electron chi connectivity index (χ1n) is 6.40. The second kappa shape index (κ2) is 5.53. The molecule has 0 aromatic heterocycles. The van der Waals surface area contributed by atoms with Crippen molar-refractivity contribution >= 4 is 22.1 Å². The van der Waals surface area contributed by atoms with Gasteiger partial charge in [0.25, 0.3) is 0 Å². The highest BCUT2D eigenvalue weighted by Gasteiger charge is 1.98. The Balaban J connectivity index is 1.93. The van der Waals surface area contributed by atoms with Crippen LogP contribution >= 0.6 is 0 Å². The van der Waals surface area contributed by atoms with Crippen LogP contribution in [0.4, 0.5) is 11.4 Å². The van der Waals surface area contributed by atoms with Crippen molar-refractivity contribution in [1.82, 2.24) is 0 Å². The Kier molecular flexibility index (Phi) is 3.42. The van der Waals surface area contributed by atoms with Gasteiger partial charge >= 0.3 is 0 Å². The molecule has 0 atom stereocenters. The minimum Gasteiger partial charge on any atom is -0.497 e. The normalized spacial score (nSPS) is 11.1. The number of nitrogens with zero attached hydrogens (tertiary/aromatic N) is 2. The van der Waals surface area contributed by atoms with E-state index in [1.54, 1.807) is 7.11 Å². The molecule has 0 aliphatic rings. The first kappa shape index (κ1) is 12.4. The van der Waals surface area contributed by atoms with Gasteiger partial charge in [0, 0.05) is 5.39 Å². The van der Waals surface area contributed by atoms with E-state index in [4.69, 9.17) is 4.74 Å². The number of fused-ring (bicyclic) bond motifs is 1. The van der Waals surface area contributed by atoms with Crippen LogP contribution < -0.4 is 4.74 Å². The van der Waals surface area contributed by atoms with Gasteiger partial charge in [-0.15, -0.1) is 5.11 Å². The Morgan fingerprint density at radius 3 is 2.30 bits per heavy atom. The zero-order valence-electron chi connectivity index (χ0n) is 11.2. The SMILES string of the molecule is COc1ccc(N=Nc2cccc3ccccc23)cc1. The second-order valence-electron chi connectivity index (χ2n) is 4.40. The first-order chi connectivity index (χ1) is 9.86. The van der Waals surface area contributed by atoms with Crippen molar-refractivity contribution in [2.24, 2.45) is 10.2 Å². The third-order valence-electron chi connectivity index (χ3n) is 3.11. The van der Waals surface area contributed by atoms with Gasteiger partial charge in [0.05, 0.1) is 18.5 Å². The molecule has 0 fully saturated rings. The number of rotatable bonds is 3. The highest BCUT2D eigenvalue weighted by molar-refractivity contribution is 5.92. The Morgan fingerprint density at radius 1 is 0.750 bits per heavy atom. The maximum absolute atomic E-state index is 5.12. The smallest absolute Gasteiger partial charge is 0.119 e. The molecule has 0 bridgehead atoms. The van der Waals surface area contributed by atoms with Gasteiger partial charge in [0.15, 0.2) is 0 Å². The second-order valence-corrected chi connectivity index (χ2v) is 4.40. The van der Waals surface area contributed by atoms with Gasteiger partial charge < -0.3 is 4.74 Å². The molecular weight excluding hydrogens is 248 g/mol. The lowest BCUT2D eigenvalue weighted by Crippen LogP contribution is -1.79. The number of hydrogen-bond acceptors (Lipinski definition) is 3. The summed E-state index contributed by atoms with van der Waals surface area (Å²) in [6.07, 6.45) is 0. The molecule has 3 nitrogen and oxygen atoms in total. The van der Waals surface area contributed by atoms with Crippen LogP contribution in [0.1, 0.15) is 0 Å². The largest absolute Gasteiger partial charge is 0.497 e. The minimum absolute atomic E-state index is 0.804. The molecule has 0 N–H and O–H groups in total. The van der Waals surface area contributed by atoms with E-state index in [1.807, 2.05) is 48.5 Å². The number of benzene rings is 3. The molecule has 0 amide bonds. The third kappa shape index (κ3) is 2.52. The first-order valence-corrected chi connectivity index (χ1v) is 6.40. The predicted octanol–water partition coefficient (Wildman–Crippen LogP) is 5.26. The molecule has 3 heteroatoms. The van der Waals surface area contributed by atoms with Gasteiger partial charge in [-0.25, -0.2) is 0 Å². The van der Waals surface area contributed by atoms with Crippen LogP contribution in [-0.4, -0.2) is 7.11 Å². The Labute approximate surface area is 117 Å². The number of hydrogen-bond donors (Lipinski definition) is 0. The summed E-state index contributed by atoms with van der Waals surface area (Å²) in [5.74, 6) is 0.814. The number of azo groups is 1. The molecule has 20 heavy (non-hydrogen) atoms. The van der Waals surface area contributed by atoms with Gasteiger partial charge in [0.2, 0.25) is 0 Å². The molecule has 98 valence electrons. The van der Waals surface area contributed by atoms with Crippen LogP contribution in [0.5, 0.6) is 5.75 Å². The summed E-state index contributed by atoms with van der Waals surface area (Å²) in [6, 6.07) is 21.7. The Bertz CT molecular complexity index is 743. The molecule has 0 spiro atoms. The van der Waals surface area contributed by atoms with Crippen LogP contribution in [0.3, 0.4) is 0 Å². The predicted molar refractivity (Wildman–Crippen MR) is 81.1 cm³/mol. The highest BCUT2D eigenvalue weighted by Crippen LogP contribution is 2.27. The molecule has 0 saturated carbocycles. The monoisotopic (exact) mass is 262 g/mol. The molecule has 0 radical (unpaired) electrons. The zero-order valence-corrected chi connectivity index (χ0v) is 11.2. The molecule has 0 heterocycles. The molecule has 0 saturated heterocycles. The molecule has 0 unspecified atom stereocenters. The Hall–Kier alpha value is -2.68. The van der Waals surface area contributed by atoms with Crippen molar-refractivity contribution in [3.8, 4) is 5.75 Å². The van der Waals surface area contributed by atoms with Crippen molar-refractivity contribution in [1.29, 1.82) is 0 Å². The lowest BCUT2D eigenvalue weighted by atomic mass is 10.1. The van der Waals surface area contributed by atoms with E-state index in [0.717, 1.165) is 22.5 Å². The maximum atomic E-state index is 5.12. The summed E-state index contributed by atoms with van der Waals surface area (Å²) >= 11 is 0. The minimum atomic E-state index is 0.804. The number of ether oxygens (including phenoxy) is 1. The fourth-order valence-electron chi connectivity index (χ4n) is 2.06. The van der Waals surface area contributed by atoms with Crippen molar-refractivity contribution < 1.29 is 4.74 Å². The number of methoxy groups -OCH3 is 1. The van der Waals surface area contributed by atoms with Crippen molar-refractivity contribution in [3.63, 3.8) is 0 Å². The van der Waals surface area contributed by atoms with Gasteiger partial charge in [-0.1, -0.05) is 36.4 Å². The zero-order chi connectivity index (χ0) is 13.8.